The Morgan fingerprint density at radius 3 is 1.31 bits per heavy atom. The summed E-state index contributed by atoms with van der Waals surface area (Å²) in [6, 6.07) is 18.1. The molecular formula is C24H26O8. The van der Waals surface area contributed by atoms with E-state index >= 15 is 0 Å². The van der Waals surface area contributed by atoms with Crippen LogP contribution in [-0.2, 0) is 51.3 Å². The standard InChI is InChI=1S/C24H26O8/c1-17(23(27)29-15-19-9-5-3-6-10-19)31-21(25)13-14-22(26)32-18(2)24(28)30-16-20-11-7-4-8-12-20/h3-12,17-18H,13-16H2,1-2H3/t17-,18?/m0/s1. The van der Waals surface area contributed by atoms with Crippen LogP contribution in [0.1, 0.15) is 37.8 Å². The van der Waals surface area contributed by atoms with Crippen LogP contribution in [0.4, 0.5) is 0 Å². The van der Waals surface area contributed by atoms with Crippen molar-refractivity contribution >= 4 is 23.9 Å². The minimum atomic E-state index is -1.12. The van der Waals surface area contributed by atoms with Crippen LogP contribution in [0.3, 0.4) is 0 Å². The normalized spacial score (nSPS) is 12.2. The molecule has 0 aliphatic carbocycles. The Morgan fingerprint density at radius 2 is 0.969 bits per heavy atom. The summed E-state index contributed by atoms with van der Waals surface area (Å²) in [4.78, 5) is 47.6. The highest BCUT2D eigenvalue weighted by molar-refractivity contribution is 5.83. The number of carbonyl (C=O) groups excluding carboxylic acids is 4. The average molecular weight is 442 g/mol. The Bertz CT molecular complexity index is 819. The third-order valence-corrected chi connectivity index (χ3v) is 4.26. The summed E-state index contributed by atoms with van der Waals surface area (Å²) < 4.78 is 20.1. The number of ether oxygens (including phenoxy) is 4. The van der Waals surface area contributed by atoms with Crippen molar-refractivity contribution in [1.82, 2.24) is 0 Å². The molecule has 2 rings (SSSR count). The van der Waals surface area contributed by atoms with E-state index in [0.29, 0.717) is 0 Å². The molecular weight excluding hydrogens is 416 g/mol. The highest BCUT2D eigenvalue weighted by Crippen LogP contribution is 2.07. The third-order valence-electron chi connectivity index (χ3n) is 4.26. The van der Waals surface area contributed by atoms with Gasteiger partial charge in [-0.1, -0.05) is 60.7 Å². The van der Waals surface area contributed by atoms with E-state index in [9.17, 15) is 19.2 Å². The molecule has 0 aliphatic rings. The van der Waals surface area contributed by atoms with E-state index in [1.165, 1.54) is 13.8 Å². The maximum Gasteiger partial charge on any atom is 0.347 e. The summed E-state index contributed by atoms with van der Waals surface area (Å²) in [5.74, 6) is -2.91. The van der Waals surface area contributed by atoms with E-state index in [2.05, 4.69) is 0 Å². The molecule has 2 aromatic rings. The molecule has 32 heavy (non-hydrogen) atoms. The Labute approximate surface area is 186 Å². The van der Waals surface area contributed by atoms with Crippen molar-refractivity contribution < 1.29 is 38.1 Å². The van der Waals surface area contributed by atoms with Crippen molar-refractivity contribution in [3.05, 3.63) is 71.8 Å². The molecule has 2 atom stereocenters. The number of esters is 4. The highest BCUT2D eigenvalue weighted by atomic mass is 16.6. The minimum absolute atomic E-state index is 0.0617. The van der Waals surface area contributed by atoms with Gasteiger partial charge in [-0.3, -0.25) is 9.59 Å². The summed E-state index contributed by atoms with van der Waals surface area (Å²) in [5, 5.41) is 0. The van der Waals surface area contributed by atoms with E-state index in [4.69, 9.17) is 18.9 Å². The fraction of sp³-hybridized carbons (Fsp3) is 0.333. The average Bonchev–Trinajstić information content (AvgIpc) is 2.80. The van der Waals surface area contributed by atoms with Gasteiger partial charge in [0.25, 0.3) is 0 Å². The molecule has 1 unspecified atom stereocenters. The molecule has 0 aliphatic heterocycles. The van der Waals surface area contributed by atoms with Gasteiger partial charge >= 0.3 is 23.9 Å². The molecule has 8 heteroatoms. The van der Waals surface area contributed by atoms with Crippen LogP contribution in [0.25, 0.3) is 0 Å². The topological polar surface area (TPSA) is 105 Å². The fourth-order valence-corrected chi connectivity index (χ4v) is 2.50. The van der Waals surface area contributed by atoms with Crippen LogP contribution < -0.4 is 0 Å². The molecule has 0 radical (unpaired) electrons. The Kier molecular flexibility index (Phi) is 9.90. The van der Waals surface area contributed by atoms with Crippen LogP contribution in [0.5, 0.6) is 0 Å². The van der Waals surface area contributed by atoms with Gasteiger partial charge in [-0.2, -0.15) is 0 Å². The number of carbonyl (C=O) groups is 4. The number of hydrogen-bond acceptors (Lipinski definition) is 8. The first-order valence-electron chi connectivity index (χ1n) is 10.1. The molecule has 0 N–H and O–H groups in total. The molecule has 0 heterocycles. The second kappa shape index (κ2) is 12.9. The van der Waals surface area contributed by atoms with Gasteiger partial charge in [-0.25, -0.2) is 9.59 Å². The zero-order chi connectivity index (χ0) is 23.3. The lowest BCUT2D eigenvalue weighted by molar-refractivity contribution is -0.170. The minimum Gasteiger partial charge on any atom is -0.458 e. The zero-order valence-electron chi connectivity index (χ0n) is 18.0. The number of benzene rings is 2. The molecule has 0 bridgehead atoms. The van der Waals surface area contributed by atoms with Crippen molar-refractivity contribution in [3.63, 3.8) is 0 Å². The summed E-state index contributed by atoms with van der Waals surface area (Å²) in [7, 11) is 0. The van der Waals surface area contributed by atoms with Crippen LogP contribution in [0.2, 0.25) is 0 Å². The van der Waals surface area contributed by atoms with Crippen molar-refractivity contribution in [2.24, 2.45) is 0 Å². The summed E-state index contributed by atoms with van der Waals surface area (Å²) in [5.41, 5.74) is 1.61. The van der Waals surface area contributed by atoms with Crippen LogP contribution in [0.15, 0.2) is 60.7 Å². The van der Waals surface area contributed by atoms with Crippen molar-refractivity contribution in [2.75, 3.05) is 0 Å². The van der Waals surface area contributed by atoms with Gasteiger partial charge in [-0.05, 0) is 25.0 Å². The van der Waals surface area contributed by atoms with Gasteiger partial charge in [0.05, 0.1) is 12.8 Å². The van der Waals surface area contributed by atoms with Crippen LogP contribution >= 0.6 is 0 Å². The van der Waals surface area contributed by atoms with Crippen molar-refractivity contribution in [1.29, 1.82) is 0 Å². The van der Waals surface area contributed by atoms with E-state index in [0.717, 1.165) is 11.1 Å². The van der Waals surface area contributed by atoms with Gasteiger partial charge < -0.3 is 18.9 Å². The van der Waals surface area contributed by atoms with Gasteiger partial charge in [0, 0.05) is 0 Å². The first-order chi connectivity index (χ1) is 15.3. The molecule has 0 spiro atoms. The van der Waals surface area contributed by atoms with Crippen molar-refractivity contribution in [3.8, 4) is 0 Å². The van der Waals surface area contributed by atoms with Crippen LogP contribution in [0, 0.1) is 0 Å². The van der Waals surface area contributed by atoms with E-state index < -0.39 is 36.1 Å². The van der Waals surface area contributed by atoms with Gasteiger partial charge in [-0.15, -0.1) is 0 Å². The largest absolute Gasteiger partial charge is 0.458 e. The lowest BCUT2D eigenvalue weighted by Gasteiger charge is -2.14. The summed E-state index contributed by atoms with van der Waals surface area (Å²) in [6.07, 6.45) is -2.84. The number of hydrogen-bond donors (Lipinski definition) is 0. The van der Waals surface area contributed by atoms with E-state index in [1.54, 1.807) is 24.3 Å². The molecule has 0 saturated carbocycles. The SMILES string of the molecule is CC(OC(=O)CCC(=O)O[C@@H](C)C(=O)OCc1ccccc1)C(=O)OCc1ccccc1. The second-order valence-corrected chi connectivity index (χ2v) is 6.95. The Balaban J connectivity index is 1.64. The Hall–Kier alpha value is -3.68. The maximum absolute atomic E-state index is 11.9. The predicted molar refractivity (Wildman–Crippen MR) is 113 cm³/mol. The van der Waals surface area contributed by atoms with Crippen LogP contribution in [-0.4, -0.2) is 36.1 Å². The van der Waals surface area contributed by atoms with Crippen molar-refractivity contribution in [2.45, 2.75) is 52.1 Å². The van der Waals surface area contributed by atoms with Gasteiger partial charge in [0.2, 0.25) is 0 Å². The third kappa shape index (κ3) is 8.99. The monoisotopic (exact) mass is 442 g/mol. The predicted octanol–water partition coefficient (Wildman–Crippen LogP) is 3.12. The highest BCUT2D eigenvalue weighted by Gasteiger charge is 2.22. The lowest BCUT2D eigenvalue weighted by atomic mass is 10.2. The summed E-state index contributed by atoms with van der Waals surface area (Å²) >= 11 is 0. The lowest BCUT2D eigenvalue weighted by Crippen LogP contribution is -2.28. The smallest absolute Gasteiger partial charge is 0.347 e. The second-order valence-electron chi connectivity index (χ2n) is 6.95. The molecule has 0 amide bonds. The van der Waals surface area contributed by atoms with Gasteiger partial charge in [0.1, 0.15) is 13.2 Å². The zero-order valence-corrected chi connectivity index (χ0v) is 18.0. The first kappa shape index (κ1) is 24.6. The fourth-order valence-electron chi connectivity index (χ4n) is 2.50. The maximum atomic E-state index is 11.9. The Morgan fingerprint density at radius 1 is 0.625 bits per heavy atom. The molecule has 2 aromatic carbocycles. The molecule has 170 valence electrons. The molecule has 0 saturated heterocycles. The molecule has 0 aromatic heterocycles. The molecule has 8 nitrogen and oxygen atoms in total. The molecule has 0 fully saturated rings. The first-order valence-corrected chi connectivity index (χ1v) is 10.1. The number of rotatable bonds is 11. The quantitative estimate of drug-likeness (QED) is 0.386. The van der Waals surface area contributed by atoms with Gasteiger partial charge in [0.15, 0.2) is 12.2 Å². The van der Waals surface area contributed by atoms with E-state index in [1.807, 2.05) is 36.4 Å². The summed E-state index contributed by atoms with van der Waals surface area (Å²) in [6.45, 7) is 2.89. The van der Waals surface area contributed by atoms with E-state index in [-0.39, 0.29) is 26.1 Å².